The van der Waals surface area contributed by atoms with Gasteiger partial charge in [0.2, 0.25) is 0 Å². The third-order valence-corrected chi connectivity index (χ3v) is 6.59. The number of hydrogen-bond acceptors (Lipinski definition) is 3. The van der Waals surface area contributed by atoms with E-state index in [0.29, 0.717) is 5.92 Å². The second kappa shape index (κ2) is 11.0. The Kier molecular flexibility index (Phi) is 7.63. The van der Waals surface area contributed by atoms with Crippen LogP contribution in [0, 0.1) is 0 Å². The van der Waals surface area contributed by atoms with Crippen LogP contribution in [0.2, 0.25) is 0 Å². The highest BCUT2D eigenvalue weighted by atomic mass is 15.1. The first-order valence-electron chi connectivity index (χ1n) is 11.8. The van der Waals surface area contributed by atoms with E-state index in [-0.39, 0.29) is 5.92 Å². The molecule has 1 aliphatic rings. The van der Waals surface area contributed by atoms with Gasteiger partial charge in [0.25, 0.3) is 0 Å². The van der Waals surface area contributed by atoms with Crippen molar-refractivity contribution < 1.29 is 0 Å². The summed E-state index contributed by atoms with van der Waals surface area (Å²) < 4.78 is 0. The lowest BCUT2D eigenvalue weighted by molar-refractivity contribution is 0.210. The Morgan fingerprint density at radius 2 is 1.53 bits per heavy atom. The molecule has 3 heteroatoms. The third-order valence-electron chi connectivity index (χ3n) is 6.59. The normalized spacial score (nSPS) is 15.0. The number of nitrogen functional groups attached to an aromatic ring is 1. The maximum absolute atomic E-state index is 5.97. The average Bonchev–Trinajstić information content (AvgIpc) is 2.84. The first-order chi connectivity index (χ1) is 15.7. The molecule has 1 fully saturated rings. The number of nitrogens with zero attached hydrogens (tertiary/aromatic N) is 1. The summed E-state index contributed by atoms with van der Waals surface area (Å²) in [6.07, 6.45) is 3.56. The first kappa shape index (κ1) is 22.2. The molecule has 166 valence electrons. The lowest BCUT2D eigenvalue weighted by Crippen LogP contribution is -2.35. The molecule has 3 aromatic carbocycles. The fraction of sp³-hybridized carbons (Fsp3) is 0.310. The van der Waals surface area contributed by atoms with Crippen molar-refractivity contribution in [3.63, 3.8) is 0 Å². The molecule has 3 aromatic rings. The van der Waals surface area contributed by atoms with Crippen LogP contribution in [-0.2, 0) is 0 Å². The Morgan fingerprint density at radius 3 is 2.12 bits per heavy atom. The molecular weight excluding hydrogens is 390 g/mol. The second-order valence-electron chi connectivity index (χ2n) is 8.85. The van der Waals surface area contributed by atoms with Gasteiger partial charge >= 0.3 is 0 Å². The highest BCUT2D eigenvalue weighted by Crippen LogP contribution is 2.30. The zero-order valence-electron chi connectivity index (χ0n) is 18.9. The van der Waals surface area contributed by atoms with E-state index in [4.69, 9.17) is 5.73 Å². The second-order valence-corrected chi connectivity index (χ2v) is 8.85. The van der Waals surface area contributed by atoms with Crippen LogP contribution in [0.5, 0.6) is 0 Å². The van der Waals surface area contributed by atoms with Crippen molar-refractivity contribution in [1.82, 2.24) is 10.2 Å². The van der Waals surface area contributed by atoms with Crippen molar-refractivity contribution in [3.05, 3.63) is 114 Å². The summed E-state index contributed by atoms with van der Waals surface area (Å²) in [7, 11) is 0. The van der Waals surface area contributed by atoms with Crippen LogP contribution >= 0.6 is 0 Å². The van der Waals surface area contributed by atoms with E-state index >= 15 is 0 Å². The van der Waals surface area contributed by atoms with Crippen LogP contribution in [0.25, 0.3) is 0 Å². The molecule has 32 heavy (non-hydrogen) atoms. The molecule has 1 saturated heterocycles. The van der Waals surface area contributed by atoms with Crippen LogP contribution in [-0.4, -0.2) is 31.1 Å². The molecule has 1 heterocycles. The number of piperidine rings is 1. The number of rotatable bonds is 9. The molecule has 3 nitrogen and oxygen atoms in total. The molecule has 0 amide bonds. The van der Waals surface area contributed by atoms with Gasteiger partial charge in [0.15, 0.2) is 0 Å². The van der Waals surface area contributed by atoms with Crippen LogP contribution < -0.4 is 11.1 Å². The zero-order valence-corrected chi connectivity index (χ0v) is 18.9. The number of nitrogens with two attached hydrogens (primary N) is 1. The predicted molar refractivity (Wildman–Crippen MR) is 136 cm³/mol. The van der Waals surface area contributed by atoms with Gasteiger partial charge in [-0.2, -0.15) is 0 Å². The summed E-state index contributed by atoms with van der Waals surface area (Å²) in [6, 6.07) is 29.7. The molecule has 3 N–H and O–H groups in total. The van der Waals surface area contributed by atoms with Gasteiger partial charge in [-0.3, -0.25) is 0 Å². The van der Waals surface area contributed by atoms with Crippen LogP contribution in [0.4, 0.5) is 5.69 Å². The first-order valence-corrected chi connectivity index (χ1v) is 11.8. The highest BCUT2D eigenvalue weighted by molar-refractivity contribution is 5.42. The molecule has 0 unspecified atom stereocenters. The van der Waals surface area contributed by atoms with Crippen LogP contribution in [0.3, 0.4) is 0 Å². The summed E-state index contributed by atoms with van der Waals surface area (Å²) in [6.45, 7) is 8.81. The smallest absolute Gasteiger partial charge is 0.0481 e. The Balaban J connectivity index is 1.25. The van der Waals surface area contributed by atoms with Crippen LogP contribution in [0.1, 0.15) is 47.8 Å². The van der Waals surface area contributed by atoms with Crippen molar-refractivity contribution in [1.29, 1.82) is 0 Å². The summed E-state index contributed by atoms with van der Waals surface area (Å²) in [4.78, 5) is 2.60. The lowest BCUT2D eigenvalue weighted by atomic mass is 9.89. The van der Waals surface area contributed by atoms with Crippen molar-refractivity contribution in [2.24, 2.45) is 0 Å². The van der Waals surface area contributed by atoms with Gasteiger partial charge in [-0.05, 0) is 73.6 Å². The van der Waals surface area contributed by atoms with E-state index in [0.717, 1.165) is 44.0 Å². The van der Waals surface area contributed by atoms with Gasteiger partial charge in [0, 0.05) is 23.8 Å². The van der Waals surface area contributed by atoms with Crippen molar-refractivity contribution in [3.8, 4) is 0 Å². The number of likely N-dealkylation sites (tertiary alicyclic amines) is 1. The minimum Gasteiger partial charge on any atom is -0.399 e. The van der Waals surface area contributed by atoms with Gasteiger partial charge < -0.3 is 16.0 Å². The maximum atomic E-state index is 5.97. The number of nitrogens with one attached hydrogen (secondary N) is 1. The van der Waals surface area contributed by atoms with Gasteiger partial charge in [0.1, 0.15) is 0 Å². The number of anilines is 1. The van der Waals surface area contributed by atoms with E-state index in [9.17, 15) is 0 Å². The van der Waals surface area contributed by atoms with Crippen molar-refractivity contribution >= 4 is 5.69 Å². The molecule has 0 atom stereocenters. The Bertz CT molecular complexity index is 936. The van der Waals surface area contributed by atoms with Gasteiger partial charge in [0.05, 0.1) is 0 Å². The maximum Gasteiger partial charge on any atom is 0.0481 e. The van der Waals surface area contributed by atoms with E-state index in [2.05, 4.69) is 95.7 Å². The van der Waals surface area contributed by atoms with E-state index in [1.807, 2.05) is 6.07 Å². The van der Waals surface area contributed by atoms with E-state index in [1.54, 1.807) is 0 Å². The minimum atomic E-state index is 0.173. The topological polar surface area (TPSA) is 41.3 Å². The molecule has 0 saturated carbocycles. The fourth-order valence-corrected chi connectivity index (χ4v) is 4.84. The fourth-order valence-electron chi connectivity index (χ4n) is 4.84. The monoisotopic (exact) mass is 425 g/mol. The zero-order chi connectivity index (χ0) is 22.2. The van der Waals surface area contributed by atoms with Gasteiger partial charge in [-0.15, -0.1) is 0 Å². The number of allylic oxidation sites excluding steroid dienone is 1. The molecule has 0 aliphatic carbocycles. The molecule has 0 bridgehead atoms. The number of hydrogen-bond donors (Lipinski definition) is 2. The average molecular weight is 426 g/mol. The molecule has 1 aliphatic heterocycles. The van der Waals surface area contributed by atoms with Crippen molar-refractivity contribution in [2.75, 3.05) is 31.9 Å². The molecule has 0 spiro atoms. The Labute approximate surface area is 193 Å². The molecule has 0 aromatic heterocycles. The number of benzene rings is 3. The Morgan fingerprint density at radius 1 is 0.906 bits per heavy atom. The standard InChI is InChI=1S/C29H35N3/c1-23(29(25-10-4-2-5-11-25)26-12-6-3-7-13-26)31-18-9-19-32-20-16-24(17-21-32)27-14-8-15-28(30)22-27/h2-8,10-15,22,24,29,31H,1,9,16-21,30H2. The highest BCUT2D eigenvalue weighted by Gasteiger charge is 2.21. The summed E-state index contributed by atoms with van der Waals surface area (Å²) in [5.41, 5.74) is 11.9. The third kappa shape index (κ3) is 5.80. The lowest BCUT2D eigenvalue weighted by Gasteiger charge is -2.32. The molecule has 0 radical (unpaired) electrons. The van der Waals surface area contributed by atoms with Crippen LogP contribution in [0.15, 0.2) is 97.2 Å². The molecule has 4 rings (SSSR count). The van der Waals surface area contributed by atoms with Gasteiger partial charge in [-0.1, -0.05) is 79.4 Å². The predicted octanol–water partition coefficient (Wildman–Crippen LogP) is 5.77. The quantitative estimate of drug-likeness (QED) is 0.338. The van der Waals surface area contributed by atoms with E-state index in [1.165, 1.54) is 29.5 Å². The minimum absolute atomic E-state index is 0.173. The summed E-state index contributed by atoms with van der Waals surface area (Å²) in [5.74, 6) is 0.816. The van der Waals surface area contributed by atoms with E-state index < -0.39 is 0 Å². The largest absolute Gasteiger partial charge is 0.399 e. The van der Waals surface area contributed by atoms with Gasteiger partial charge in [-0.25, -0.2) is 0 Å². The Hall–Kier alpha value is -3.04. The summed E-state index contributed by atoms with van der Waals surface area (Å²) >= 11 is 0. The molecular formula is C29H35N3. The summed E-state index contributed by atoms with van der Waals surface area (Å²) in [5, 5.41) is 3.63. The van der Waals surface area contributed by atoms with Crippen molar-refractivity contribution in [2.45, 2.75) is 31.1 Å². The SMILES string of the molecule is C=C(NCCCN1CCC(c2cccc(N)c2)CC1)C(c1ccccc1)c1ccccc1.